The molecule has 1 unspecified atom stereocenters. The van der Waals surface area contributed by atoms with Gasteiger partial charge in [0.2, 0.25) is 0 Å². The normalized spacial score (nSPS) is 19.3. The molecule has 1 fully saturated rings. The molecule has 4 nitrogen and oxygen atoms in total. The molecule has 1 saturated carbocycles. The average molecular weight is 461 g/mol. The van der Waals surface area contributed by atoms with Crippen molar-refractivity contribution in [1.29, 1.82) is 0 Å². The summed E-state index contributed by atoms with van der Waals surface area (Å²) in [7, 11) is -2.11. The smallest absolute Gasteiger partial charge is 0.324 e. The van der Waals surface area contributed by atoms with Crippen LogP contribution in [-0.4, -0.2) is 31.2 Å². The Morgan fingerprint density at radius 3 is 1.69 bits per heavy atom. The summed E-state index contributed by atoms with van der Waals surface area (Å²) in [5, 5.41) is 1.42. The molecule has 2 rings (SSSR count). The lowest BCUT2D eigenvalue weighted by Crippen LogP contribution is -2.57. The molecule has 0 saturated heterocycles. The summed E-state index contributed by atoms with van der Waals surface area (Å²) >= 11 is 0. The van der Waals surface area contributed by atoms with E-state index in [1.54, 1.807) is 0 Å². The second-order valence-corrected chi connectivity index (χ2v) is 17.7. The molecule has 0 bridgehead atoms. The van der Waals surface area contributed by atoms with Gasteiger partial charge in [0.05, 0.1) is 8.07 Å². The average Bonchev–Trinajstić information content (AvgIpc) is 3.07. The van der Waals surface area contributed by atoms with E-state index in [9.17, 15) is 9.59 Å². The van der Waals surface area contributed by atoms with Crippen LogP contribution in [0.2, 0.25) is 16.6 Å². The fourth-order valence-corrected chi connectivity index (χ4v) is 13.0. The largest absolute Gasteiger partial charge is 0.459 e. The minimum atomic E-state index is -2.11. The molecule has 0 radical (unpaired) electrons. The van der Waals surface area contributed by atoms with E-state index in [0.717, 1.165) is 6.42 Å². The van der Waals surface area contributed by atoms with Crippen LogP contribution in [0.5, 0.6) is 0 Å². The Kier molecular flexibility index (Phi) is 7.76. The molecule has 5 heteroatoms. The SMILES string of the molecule is CC(C)[Si](c1ccccc1)(C(C)C)C1CCC(C(=O)OC(C)(C)C)(C(=O)OC(C)(C)C)C1. The lowest BCUT2D eigenvalue weighted by molar-refractivity contribution is -0.184. The summed E-state index contributed by atoms with van der Waals surface area (Å²) < 4.78 is 11.6. The van der Waals surface area contributed by atoms with Crippen molar-refractivity contribution >= 4 is 25.2 Å². The lowest BCUT2D eigenvalue weighted by atomic mass is 9.85. The van der Waals surface area contributed by atoms with Crippen molar-refractivity contribution in [3.8, 4) is 0 Å². The second kappa shape index (κ2) is 9.32. The first-order valence-electron chi connectivity index (χ1n) is 12.1. The maximum absolute atomic E-state index is 13.6. The summed E-state index contributed by atoms with van der Waals surface area (Å²) in [6.07, 6.45) is 1.84. The van der Waals surface area contributed by atoms with Crippen molar-refractivity contribution in [2.75, 3.05) is 0 Å². The van der Waals surface area contributed by atoms with Gasteiger partial charge in [-0.25, -0.2) is 0 Å². The number of rotatable bonds is 6. The first kappa shape index (κ1) is 26.6. The van der Waals surface area contributed by atoms with E-state index in [1.165, 1.54) is 5.19 Å². The van der Waals surface area contributed by atoms with E-state index in [1.807, 2.05) is 41.5 Å². The van der Waals surface area contributed by atoms with E-state index in [2.05, 4.69) is 58.0 Å². The third-order valence-corrected chi connectivity index (χ3v) is 14.0. The third-order valence-electron chi connectivity index (χ3n) is 6.95. The van der Waals surface area contributed by atoms with E-state index in [0.29, 0.717) is 29.5 Å². The maximum atomic E-state index is 13.6. The fourth-order valence-electron chi connectivity index (χ4n) is 5.90. The third kappa shape index (κ3) is 5.30. The molecular formula is C27H44O4Si. The zero-order valence-corrected chi connectivity index (χ0v) is 22.9. The van der Waals surface area contributed by atoms with Crippen LogP contribution in [0.25, 0.3) is 0 Å². The summed E-state index contributed by atoms with van der Waals surface area (Å²) in [5.74, 6) is -0.851. The number of esters is 2. The molecule has 1 aliphatic carbocycles. The number of carbonyl (C=O) groups excluding carboxylic acids is 2. The van der Waals surface area contributed by atoms with Crippen LogP contribution >= 0.6 is 0 Å². The predicted molar refractivity (Wildman–Crippen MR) is 134 cm³/mol. The molecule has 0 aromatic heterocycles. The van der Waals surface area contributed by atoms with Gasteiger partial charge in [0.15, 0.2) is 5.41 Å². The Balaban J connectivity index is 2.58. The summed E-state index contributed by atoms with van der Waals surface area (Å²) in [4.78, 5) is 27.1. The highest BCUT2D eigenvalue weighted by molar-refractivity contribution is 6.95. The molecular weight excluding hydrogens is 416 g/mol. The Hall–Kier alpha value is -1.62. The standard InChI is InChI=1S/C27H44O4Si/c1-19(2)32(20(3)4,21-14-12-11-13-15-21)22-16-17-27(18-22,23(28)30-25(5,6)7)24(29)31-26(8,9)10/h11-15,19-20,22H,16-18H2,1-10H3. The van der Waals surface area contributed by atoms with Crippen molar-refractivity contribution in [2.45, 2.75) is 116 Å². The highest BCUT2D eigenvalue weighted by Crippen LogP contribution is 2.56. The monoisotopic (exact) mass is 460 g/mol. The fraction of sp³-hybridized carbons (Fsp3) is 0.704. The number of ether oxygens (including phenoxy) is 2. The molecule has 0 spiro atoms. The van der Waals surface area contributed by atoms with Gasteiger partial charge in [-0.2, -0.15) is 0 Å². The van der Waals surface area contributed by atoms with Crippen LogP contribution in [0.3, 0.4) is 0 Å². The van der Waals surface area contributed by atoms with Gasteiger partial charge in [-0.1, -0.05) is 69.6 Å². The van der Waals surface area contributed by atoms with Gasteiger partial charge >= 0.3 is 11.9 Å². The topological polar surface area (TPSA) is 52.6 Å². The van der Waals surface area contributed by atoms with Crippen molar-refractivity contribution in [3.63, 3.8) is 0 Å². The van der Waals surface area contributed by atoms with Gasteiger partial charge in [0, 0.05) is 0 Å². The van der Waals surface area contributed by atoms with Crippen LogP contribution in [0.4, 0.5) is 0 Å². The van der Waals surface area contributed by atoms with Gasteiger partial charge in [0.25, 0.3) is 0 Å². The van der Waals surface area contributed by atoms with Gasteiger partial charge in [-0.05, 0) is 71.0 Å². The van der Waals surface area contributed by atoms with Crippen molar-refractivity contribution in [1.82, 2.24) is 0 Å². The molecule has 180 valence electrons. The Labute approximate surface area is 196 Å². The Morgan fingerprint density at radius 1 is 0.875 bits per heavy atom. The lowest BCUT2D eigenvalue weighted by Gasteiger charge is -2.45. The van der Waals surface area contributed by atoms with E-state index < -0.39 is 36.6 Å². The zero-order valence-electron chi connectivity index (χ0n) is 21.9. The minimum Gasteiger partial charge on any atom is -0.459 e. The number of carbonyl (C=O) groups is 2. The van der Waals surface area contributed by atoms with Gasteiger partial charge < -0.3 is 9.47 Å². The first-order valence-corrected chi connectivity index (χ1v) is 14.3. The molecule has 0 aliphatic heterocycles. The van der Waals surface area contributed by atoms with Gasteiger partial charge in [0.1, 0.15) is 11.2 Å². The van der Waals surface area contributed by atoms with E-state index >= 15 is 0 Å². The molecule has 1 aromatic rings. The van der Waals surface area contributed by atoms with Crippen molar-refractivity contribution in [3.05, 3.63) is 30.3 Å². The van der Waals surface area contributed by atoms with Crippen LogP contribution in [0, 0.1) is 5.41 Å². The van der Waals surface area contributed by atoms with Gasteiger partial charge in [-0.15, -0.1) is 0 Å². The molecule has 0 N–H and O–H groups in total. The quantitative estimate of drug-likeness (QED) is 0.280. The van der Waals surface area contributed by atoms with E-state index in [4.69, 9.17) is 9.47 Å². The molecule has 32 heavy (non-hydrogen) atoms. The van der Waals surface area contributed by atoms with Crippen molar-refractivity contribution < 1.29 is 19.1 Å². The van der Waals surface area contributed by atoms with Crippen LogP contribution in [0.1, 0.15) is 88.5 Å². The number of hydrogen-bond donors (Lipinski definition) is 0. The summed E-state index contributed by atoms with van der Waals surface area (Å²) in [5.41, 5.74) is -1.30. The minimum absolute atomic E-state index is 0.296. The predicted octanol–water partition coefficient (Wildman–Crippen LogP) is 6.39. The number of hydrogen-bond acceptors (Lipinski definition) is 4. The summed E-state index contributed by atoms with van der Waals surface area (Å²) in [6, 6.07) is 10.8. The highest BCUT2D eigenvalue weighted by Gasteiger charge is 2.61. The Bertz CT molecular complexity index is 763. The first-order chi connectivity index (χ1) is 14.6. The van der Waals surface area contributed by atoms with E-state index in [-0.39, 0.29) is 0 Å². The Morgan fingerprint density at radius 2 is 1.31 bits per heavy atom. The van der Waals surface area contributed by atoms with Crippen LogP contribution in [-0.2, 0) is 19.1 Å². The van der Waals surface area contributed by atoms with Crippen molar-refractivity contribution in [2.24, 2.45) is 5.41 Å². The molecule has 0 heterocycles. The zero-order chi connectivity index (χ0) is 24.5. The maximum Gasteiger partial charge on any atom is 0.324 e. The highest BCUT2D eigenvalue weighted by atomic mass is 28.3. The number of benzene rings is 1. The second-order valence-electron chi connectivity index (χ2n) is 12.1. The molecule has 1 aromatic carbocycles. The molecule has 1 aliphatic rings. The van der Waals surface area contributed by atoms with Crippen LogP contribution in [0.15, 0.2) is 30.3 Å². The van der Waals surface area contributed by atoms with Gasteiger partial charge in [-0.3, -0.25) is 9.59 Å². The molecule has 1 atom stereocenters. The van der Waals surface area contributed by atoms with Crippen LogP contribution < -0.4 is 5.19 Å². The molecule has 0 amide bonds. The summed E-state index contributed by atoms with van der Waals surface area (Å²) in [6.45, 7) is 20.4.